The first-order valence-corrected chi connectivity index (χ1v) is 9.17. The van der Waals surface area contributed by atoms with Crippen LogP contribution in [-0.4, -0.2) is 41.2 Å². The molecule has 146 valence electrons. The van der Waals surface area contributed by atoms with Gasteiger partial charge in [0.15, 0.2) is 17.3 Å². The van der Waals surface area contributed by atoms with E-state index in [0.717, 1.165) is 12.0 Å². The van der Waals surface area contributed by atoms with E-state index in [1.54, 1.807) is 6.92 Å². The molecular formula is C19H24N2O6. The van der Waals surface area contributed by atoms with E-state index in [-0.39, 0.29) is 31.7 Å². The van der Waals surface area contributed by atoms with Crippen LogP contribution in [-0.2, 0) is 22.4 Å². The van der Waals surface area contributed by atoms with Crippen molar-refractivity contribution in [2.75, 3.05) is 20.0 Å². The van der Waals surface area contributed by atoms with E-state index >= 15 is 0 Å². The Bertz CT molecular complexity index is 760. The summed E-state index contributed by atoms with van der Waals surface area (Å²) in [5.74, 6) is 1.99. The van der Waals surface area contributed by atoms with Crippen molar-refractivity contribution < 1.29 is 28.6 Å². The summed E-state index contributed by atoms with van der Waals surface area (Å²) in [6, 6.07) is 5.63. The minimum Gasteiger partial charge on any atom is -0.466 e. The molecule has 1 atom stereocenters. The Balaban J connectivity index is 1.73. The molecule has 2 heterocycles. The van der Waals surface area contributed by atoms with E-state index in [1.165, 1.54) is 0 Å². The Morgan fingerprint density at radius 2 is 2.15 bits per heavy atom. The monoisotopic (exact) mass is 376 g/mol. The van der Waals surface area contributed by atoms with E-state index in [1.807, 2.05) is 18.2 Å². The lowest BCUT2D eigenvalue weighted by atomic mass is 9.92. The van der Waals surface area contributed by atoms with Gasteiger partial charge in [-0.1, -0.05) is 11.2 Å². The van der Waals surface area contributed by atoms with Crippen LogP contribution in [0.25, 0.3) is 0 Å². The van der Waals surface area contributed by atoms with Crippen molar-refractivity contribution in [2.45, 2.75) is 44.9 Å². The minimum absolute atomic E-state index is 0.149. The van der Waals surface area contributed by atoms with Gasteiger partial charge in [-0.3, -0.25) is 4.79 Å². The maximum absolute atomic E-state index is 12.1. The van der Waals surface area contributed by atoms with Crippen molar-refractivity contribution in [2.24, 2.45) is 0 Å². The summed E-state index contributed by atoms with van der Waals surface area (Å²) in [7, 11) is 0. The number of nitrogens with zero attached hydrogens (tertiary/aromatic N) is 2. The fourth-order valence-electron chi connectivity index (χ4n) is 2.98. The van der Waals surface area contributed by atoms with Crippen LogP contribution in [0.15, 0.2) is 22.7 Å². The number of aliphatic hydroxyl groups excluding tert-OH is 1. The molecule has 0 amide bonds. The Kier molecular flexibility index (Phi) is 6.64. The number of aliphatic hydroxyl groups is 1. The number of fused-ring (bicyclic) bond motifs is 1. The van der Waals surface area contributed by atoms with Gasteiger partial charge in [0.2, 0.25) is 12.7 Å². The molecule has 1 aromatic carbocycles. The second-order valence-electron chi connectivity index (χ2n) is 6.31. The molecular weight excluding hydrogens is 352 g/mol. The lowest BCUT2D eigenvalue weighted by Crippen LogP contribution is -2.13. The second-order valence-corrected chi connectivity index (χ2v) is 6.31. The van der Waals surface area contributed by atoms with Gasteiger partial charge in [-0.05, 0) is 37.5 Å². The SMILES string of the molecule is CCOC(=O)CC(Cc1nc(CCCCO)no1)c1ccc2c(c1)OCO2. The number of unbranched alkanes of at least 4 members (excludes halogenated alkanes) is 1. The number of hydrogen-bond acceptors (Lipinski definition) is 8. The summed E-state index contributed by atoms with van der Waals surface area (Å²) in [6.07, 6.45) is 2.77. The Hall–Kier alpha value is -2.61. The number of hydrogen-bond donors (Lipinski definition) is 1. The van der Waals surface area contributed by atoms with Crippen LogP contribution in [0, 0.1) is 0 Å². The highest BCUT2D eigenvalue weighted by atomic mass is 16.7. The maximum Gasteiger partial charge on any atom is 0.306 e. The number of benzene rings is 1. The van der Waals surface area contributed by atoms with Gasteiger partial charge in [-0.25, -0.2) is 0 Å². The van der Waals surface area contributed by atoms with Gasteiger partial charge >= 0.3 is 5.97 Å². The number of rotatable bonds is 10. The second kappa shape index (κ2) is 9.36. The summed E-state index contributed by atoms with van der Waals surface area (Å²) >= 11 is 0. The van der Waals surface area contributed by atoms with E-state index in [4.69, 9.17) is 23.8 Å². The van der Waals surface area contributed by atoms with E-state index in [9.17, 15) is 4.79 Å². The van der Waals surface area contributed by atoms with Crippen LogP contribution < -0.4 is 9.47 Å². The van der Waals surface area contributed by atoms with Crippen LogP contribution in [0.2, 0.25) is 0 Å². The van der Waals surface area contributed by atoms with E-state index in [2.05, 4.69) is 10.1 Å². The third-order valence-corrected chi connectivity index (χ3v) is 4.33. The minimum atomic E-state index is -0.275. The molecule has 1 N–H and O–H groups in total. The van der Waals surface area contributed by atoms with Gasteiger partial charge in [0, 0.05) is 25.4 Å². The predicted molar refractivity (Wildman–Crippen MR) is 94.6 cm³/mol. The van der Waals surface area contributed by atoms with Gasteiger partial charge in [-0.15, -0.1) is 0 Å². The third kappa shape index (κ3) is 5.19. The lowest BCUT2D eigenvalue weighted by molar-refractivity contribution is -0.143. The summed E-state index contributed by atoms with van der Waals surface area (Å²) < 4.78 is 21.2. The molecule has 0 radical (unpaired) electrons. The number of carbonyl (C=O) groups is 1. The molecule has 1 unspecified atom stereocenters. The highest BCUT2D eigenvalue weighted by molar-refractivity contribution is 5.70. The van der Waals surface area contributed by atoms with E-state index in [0.29, 0.717) is 49.1 Å². The summed E-state index contributed by atoms with van der Waals surface area (Å²) in [6.45, 7) is 2.46. The molecule has 1 aliphatic heterocycles. The van der Waals surface area contributed by atoms with Gasteiger partial charge in [0.25, 0.3) is 0 Å². The smallest absolute Gasteiger partial charge is 0.306 e. The largest absolute Gasteiger partial charge is 0.466 e. The number of esters is 1. The van der Waals surface area contributed by atoms with Crippen molar-refractivity contribution in [3.05, 3.63) is 35.5 Å². The molecule has 0 aliphatic carbocycles. The zero-order valence-electron chi connectivity index (χ0n) is 15.3. The van der Waals surface area contributed by atoms with Gasteiger partial charge in [0.1, 0.15) is 0 Å². The Morgan fingerprint density at radius 3 is 2.96 bits per heavy atom. The fraction of sp³-hybridized carbons (Fsp3) is 0.526. The Morgan fingerprint density at radius 1 is 1.30 bits per heavy atom. The zero-order chi connectivity index (χ0) is 19.1. The van der Waals surface area contributed by atoms with Crippen LogP contribution in [0.4, 0.5) is 0 Å². The normalized spacial score (nSPS) is 13.6. The number of aromatic nitrogens is 2. The lowest BCUT2D eigenvalue weighted by Gasteiger charge is -2.15. The standard InChI is InChI=1S/C19H24N2O6/c1-2-24-19(23)11-14(13-6-7-15-16(9-13)26-12-25-15)10-18-20-17(21-27-18)5-3-4-8-22/h6-7,9,14,22H,2-5,8,10-12H2,1H3. The molecule has 27 heavy (non-hydrogen) atoms. The zero-order valence-corrected chi connectivity index (χ0v) is 15.3. The topological polar surface area (TPSA) is 104 Å². The number of ether oxygens (including phenoxy) is 3. The Labute approximate surface area is 157 Å². The van der Waals surface area contributed by atoms with Crippen LogP contribution in [0.5, 0.6) is 11.5 Å². The van der Waals surface area contributed by atoms with Gasteiger partial charge < -0.3 is 23.8 Å². The summed E-state index contributed by atoms with van der Waals surface area (Å²) in [5, 5.41) is 12.8. The van der Waals surface area contributed by atoms with Crippen LogP contribution in [0.3, 0.4) is 0 Å². The third-order valence-electron chi connectivity index (χ3n) is 4.33. The molecule has 8 heteroatoms. The number of aryl methyl sites for hydroxylation is 1. The quantitative estimate of drug-likeness (QED) is 0.498. The predicted octanol–water partition coefficient (Wildman–Crippen LogP) is 2.39. The van der Waals surface area contributed by atoms with Crippen molar-refractivity contribution in [1.29, 1.82) is 0 Å². The molecule has 0 saturated heterocycles. The van der Waals surface area contributed by atoms with Crippen molar-refractivity contribution in [3.8, 4) is 11.5 Å². The average Bonchev–Trinajstić information content (AvgIpc) is 3.30. The number of carbonyl (C=O) groups excluding carboxylic acids is 1. The molecule has 0 fully saturated rings. The first-order valence-electron chi connectivity index (χ1n) is 9.17. The molecule has 0 saturated carbocycles. The molecule has 0 bridgehead atoms. The molecule has 3 rings (SSSR count). The molecule has 1 aromatic heterocycles. The first kappa shape index (κ1) is 19.2. The fourth-order valence-corrected chi connectivity index (χ4v) is 2.98. The summed E-state index contributed by atoms with van der Waals surface area (Å²) in [4.78, 5) is 16.5. The highest BCUT2D eigenvalue weighted by Gasteiger charge is 2.23. The molecule has 1 aliphatic rings. The first-order chi connectivity index (χ1) is 13.2. The van der Waals surface area contributed by atoms with Gasteiger partial charge in [0.05, 0.1) is 13.0 Å². The van der Waals surface area contributed by atoms with Crippen LogP contribution in [0.1, 0.15) is 49.4 Å². The van der Waals surface area contributed by atoms with Crippen molar-refractivity contribution in [3.63, 3.8) is 0 Å². The molecule has 2 aromatic rings. The molecule has 0 spiro atoms. The van der Waals surface area contributed by atoms with Crippen molar-refractivity contribution in [1.82, 2.24) is 10.1 Å². The molecule has 8 nitrogen and oxygen atoms in total. The average molecular weight is 376 g/mol. The van der Waals surface area contributed by atoms with Gasteiger partial charge in [-0.2, -0.15) is 4.98 Å². The van der Waals surface area contributed by atoms with Crippen LogP contribution >= 0.6 is 0 Å². The van der Waals surface area contributed by atoms with Crippen molar-refractivity contribution >= 4 is 5.97 Å². The highest BCUT2D eigenvalue weighted by Crippen LogP contribution is 2.36. The summed E-state index contributed by atoms with van der Waals surface area (Å²) in [5.41, 5.74) is 0.923. The maximum atomic E-state index is 12.1. The van der Waals surface area contributed by atoms with E-state index < -0.39 is 0 Å².